The Bertz CT molecular complexity index is 786. The molecule has 0 saturated carbocycles. The van der Waals surface area contributed by atoms with Crippen molar-refractivity contribution in [3.63, 3.8) is 0 Å². The minimum absolute atomic E-state index is 0.103. The molecule has 0 aliphatic carbocycles. The first-order valence-electron chi connectivity index (χ1n) is 7.22. The van der Waals surface area contributed by atoms with Gasteiger partial charge in [-0.3, -0.25) is 9.11 Å². The van der Waals surface area contributed by atoms with Gasteiger partial charge in [0.05, 0.1) is 17.9 Å². The molecule has 5 nitrogen and oxygen atoms in total. The van der Waals surface area contributed by atoms with E-state index in [2.05, 4.69) is 0 Å². The highest BCUT2D eigenvalue weighted by Crippen LogP contribution is 2.64. The summed E-state index contributed by atoms with van der Waals surface area (Å²) in [5.41, 5.74) is 6.28. The number of nitrogens with zero attached hydrogens (tertiary/aromatic N) is 2. The molecular formula is C16H17F2N3O2S. The van der Waals surface area contributed by atoms with Crippen LogP contribution in [0.4, 0.5) is 25.8 Å². The average molecular weight is 353 g/mol. The highest BCUT2D eigenvalue weighted by Gasteiger charge is 2.42. The molecule has 0 aromatic heterocycles. The molecule has 0 amide bonds. The van der Waals surface area contributed by atoms with Crippen LogP contribution in [0.25, 0.3) is 0 Å². The minimum Gasteiger partial charge on any atom is -0.327 e. The van der Waals surface area contributed by atoms with E-state index >= 15 is 0 Å². The average Bonchev–Trinajstić information content (AvgIpc) is 2.76. The number of hydrogen-bond acceptors (Lipinski definition) is 5. The van der Waals surface area contributed by atoms with Crippen molar-refractivity contribution < 1.29 is 17.9 Å². The standard InChI is InChI=1S/C16H17F2N3O2S/c17-12-7-8-14(13(18)11-12)21-16-6-2-1-5-15(16)20(24(21,22)23)10-4-3-9-19/h1-8,11,22-23H,9-10,19H2. The van der Waals surface area contributed by atoms with Crippen LogP contribution in [-0.4, -0.2) is 22.2 Å². The Morgan fingerprint density at radius 3 is 2.38 bits per heavy atom. The smallest absolute Gasteiger partial charge is 0.151 e. The van der Waals surface area contributed by atoms with Gasteiger partial charge < -0.3 is 5.73 Å². The molecule has 128 valence electrons. The predicted octanol–water partition coefficient (Wildman–Crippen LogP) is 4.02. The summed E-state index contributed by atoms with van der Waals surface area (Å²) in [5, 5.41) is 0. The molecule has 1 aliphatic rings. The zero-order valence-electron chi connectivity index (χ0n) is 12.6. The number of fused-ring (bicyclic) bond motifs is 1. The maximum Gasteiger partial charge on any atom is 0.151 e. The number of hydrogen-bond donors (Lipinski definition) is 3. The lowest BCUT2D eigenvalue weighted by atomic mass is 10.2. The Balaban J connectivity index is 2.11. The van der Waals surface area contributed by atoms with Crippen molar-refractivity contribution in [2.75, 3.05) is 21.7 Å². The van der Waals surface area contributed by atoms with E-state index in [-0.39, 0.29) is 12.2 Å². The lowest BCUT2D eigenvalue weighted by molar-refractivity contribution is 0.485. The fraction of sp³-hybridized carbons (Fsp3) is 0.125. The highest BCUT2D eigenvalue weighted by molar-refractivity contribution is 8.27. The van der Waals surface area contributed by atoms with Gasteiger partial charge in [0.15, 0.2) is 5.82 Å². The van der Waals surface area contributed by atoms with Crippen LogP contribution in [0, 0.1) is 11.6 Å². The van der Waals surface area contributed by atoms with Crippen molar-refractivity contribution in [2.24, 2.45) is 5.73 Å². The van der Waals surface area contributed by atoms with Crippen LogP contribution in [0.15, 0.2) is 54.6 Å². The van der Waals surface area contributed by atoms with Crippen LogP contribution < -0.4 is 14.3 Å². The first-order valence-corrected chi connectivity index (χ1v) is 8.68. The Morgan fingerprint density at radius 2 is 1.71 bits per heavy atom. The molecule has 8 heteroatoms. The van der Waals surface area contributed by atoms with Gasteiger partial charge in [0.2, 0.25) is 0 Å². The summed E-state index contributed by atoms with van der Waals surface area (Å²) < 4.78 is 51.4. The van der Waals surface area contributed by atoms with E-state index < -0.39 is 22.6 Å². The monoisotopic (exact) mass is 353 g/mol. The quantitative estimate of drug-likeness (QED) is 0.724. The summed E-state index contributed by atoms with van der Waals surface area (Å²) in [7, 11) is -3.54. The van der Waals surface area contributed by atoms with E-state index in [0.717, 1.165) is 10.4 Å². The van der Waals surface area contributed by atoms with Crippen molar-refractivity contribution in [3.8, 4) is 0 Å². The van der Waals surface area contributed by atoms with E-state index in [9.17, 15) is 17.9 Å². The summed E-state index contributed by atoms with van der Waals surface area (Å²) in [6, 6.07) is 9.80. The van der Waals surface area contributed by atoms with E-state index in [0.29, 0.717) is 24.0 Å². The largest absolute Gasteiger partial charge is 0.327 e. The number of para-hydroxylation sites is 2. The van der Waals surface area contributed by atoms with E-state index in [4.69, 9.17) is 5.73 Å². The summed E-state index contributed by atoms with van der Waals surface area (Å²) >= 11 is 0. The fourth-order valence-corrected chi connectivity index (χ4v) is 4.31. The van der Waals surface area contributed by atoms with Crippen LogP contribution in [0.1, 0.15) is 0 Å². The van der Waals surface area contributed by atoms with Gasteiger partial charge in [-0.25, -0.2) is 17.4 Å². The third-order valence-corrected chi connectivity index (χ3v) is 5.43. The predicted molar refractivity (Wildman–Crippen MR) is 93.3 cm³/mol. The molecule has 4 N–H and O–H groups in total. The molecule has 2 aromatic carbocycles. The van der Waals surface area contributed by atoms with Crippen LogP contribution in [0.2, 0.25) is 0 Å². The van der Waals surface area contributed by atoms with Crippen molar-refractivity contribution in [2.45, 2.75) is 0 Å². The molecule has 0 atom stereocenters. The SMILES string of the molecule is NCC=CCN1c2ccccc2N(c2ccc(F)cc2F)S1(O)O. The molecule has 1 aliphatic heterocycles. The topological polar surface area (TPSA) is 73.0 Å². The number of benzene rings is 2. The minimum atomic E-state index is -3.54. The number of halogens is 2. The van der Waals surface area contributed by atoms with Gasteiger partial charge in [-0.15, -0.1) is 0 Å². The second-order valence-corrected chi connectivity index (χ2v) is 6.92. The van der Waals surface area contributed by atoms with Gasteiger partial charge in [-0.1, -0.05) is 24.3 Å². The maximum absolute atomic E-state index is 14.2. The summed E-state index contributed by atoms with van der Waals surface area (Å²) in [6.07, 6.45) is 3.40. The molecular weight excluding hydrogens is 336 g/mol. The molecule has 0 radical (unpaired) electrons. The lowest BCUT2D eigenvalue weighted by Crippen LogP contribution is -2.31. The first-order chi connectivity index (χ1) is 11.5. The second kappa shape index (κ2) is 6.40. The summed E-state index contributed by atoms with van der Waals surface area (Å²) in [4.78, 5) is 0. The van der Waals surface area contributed by atoms with Crippen molar-refractivity contribution in [1.29, 1.82) is 0 Å². The second-order valence-electron chi connectivity index (χ2n) is 5.14. The zero-order chi connectivity index (χ0) is 17.3. The van der Waals surface area contributed by atoms with Gasteiger partial charge in [-0.05, 0) is 35.2 Å². The Labute approximate surface area is 140 Å². The molecule has 1 heterocycles. The van der Waals surface area contributed by atoms with E-state index in [1.54, 1.807) is 36.4 Å². The fourth-order valence-electron chi connectivity index (χ4n) is 2.58. The van der Waals surface area contributed by atoms with Crippen molar-refractivity contribution in [1.82, 2.24) is 0 Å². The van der Waals surface area contributed by atoms with Gasteiger partial charge in [0.25, 0.3) is 0 Å². The third kappa shape index (κ3) is 2.73. The van der Waals surface area contributed by atoms with Gasteiger partial charge in [0, 0.05) is 12.6 Å². The molecule has 2 aromatic rings. The number of anilines is 3. The third-order valence-electron chi connectivity index (χ3n) is 3.61. The number of nitrogens with two attached hydrogens (primary N) is 1. The molecule has 3 rings (SSSR count). The molecule has 0 unspecified atom stereocenters. The van der Waals surface area contributed by atoms with Crippen LogP contribution in [0.3, 0.4) is 0 Å². The summed E-state index contributed by atoms with van der Waals surface area (Å²) in [6.45, 7) is 0.515. The molecule has 0 bridgehead atoms. The Morgan fingerprint density at radius 1 is 1.00 bits per heavy atom. The normalized spacial score (nSPS) is 17.4. The molecule has 0 fully saturated rings. The molecule has 0 saturated heterocycles. The van der Waals surface area contributed by atoms with Crippen LogP contribution >= 0.6 is 11.0 Å². The van der Waals surface area contributed by atoms with E-state index in [1.165, 1.54) is 10.4 Å². The van der Waals surface area contributed by atoms with Crippen LogP contribution in [0.5, 0.6) is 0 Å². The molecule has 0 spiro atoms. The number of rotatable bonds is 4. The van der Waals surface area contributed by atoms with Gasteiger partial charge in [-0.2, -0.15) is 0 Å². The van der Waals surface area contributed by atoms with Gasteiger partial charge >= 0.3 is 0 Å². The van der Waals surface area contributed by atoms with Crippen molar-refractivity contribution >= 4 is 28.0 Å². The van der Waals surface area contributed by atoms with Gasteiger partial charge in [0.1, 0.15) is 11.5 Å². The highest BCUT2D eigenvalue weighted by atomic mass is 32.3. The Hall–Kier alpha value is -2.13. The first kappa shape index (κ1) is 16.7. The lowest BCUT2D eigenvalue weighted by Gasteiger charge is -2.43. The zero-order valence-corrected chi connectivity index (χ0v) is 13.5. The molecule has 24 heavy (non-hydrogen) atoms. The van der Waals surface area contributed by atoms with Crippen LogP contribution in [-0.2, 0) is 0 Å². The van der Waals surface area contributed by atoms with E-state index in [1.807, 2.05) is 0 Å². The van der Waals surface area contributed by atoms with Crippen molar-refractivity contribution in [3.05, 3.63) is 66.3 Å². The summed E-state index contributed by atoms with van der Waals surface area (Å²) in [5.74, 6) is -1.60. The maximum atomic E-state index is 14.2. The Kier molecular flexibility index (Phi) is 4.46.